The summed E-state index contributed by atoms with van der Waals surface area (Å²) in [6.07, 6.45) is 1.37. The van der Waals surface area contributed by atoms with Gasteiger partial charge in [-0.05, 0) is 13.8 Å². The molecule has 0 amide bonds. The van der Waals surface area contributed by atoms with Crippen molar-refractivity contribution in [3.8, 4) is 0 Å². The van der Waals surface area contributed by atoms with Gasteiger partial charge < -0.3 is 14.2 Å². The van der Waals surface area contributed by atoms with Crippen LogP contribution in [0.25, 0.3) is 0 Å². The molecule has 0 spiro atoms. The average molecular weight is 229 g/mol. The minimum Gasteiger partial charge on any atom is -0.442 e. The topological polar surface area (TPSA) is 75.5 Å². The van der Waals surface area contributed by atoms with Gasteiger partial charge in [-0.2, -0.15) is 4.68 Å². The fourth-order valence-electron chi connectivity index (χ4n) is 1.02. The minimum absolute atomic E-state index is 0.0281. The van der Waals surface area contributed by atoms with E-state index in [1.54, 1.807) is 0 Å². The number of rotatable bonds is 6. The second-order valence-corrected chi connectivity index (χ2v) is 2.76. The first-order chi connectivity index (χ1) is 7.77. The van der Waals surface area contributed by atoms with Crippen molar-refractivity contribution in [2.75, 3.05) is 19.8 Å². The van der Waals surface area contributed by atoms with Crippen LogP contribution in [0.3, 0.4) is 0 Å². The molecule has 0 radical (unpaired) electrons. The molecule has 0 bridgehead atoms. The molecule has 0 atom stereocenters. The first-order valence-electron chi connectivity index (χ1n) is 5.02. The Labute approximate surface area is 93.3 Å². The molecule has 0 aliphatic heterocycles. The zero-order valence-electron chi connectivity index (χ0n) is 9.33. The summed E-state index contributed by atoms with van der Waals surface area (Å²) in [6.45, 7) is 4.69. The maximum Gasteiger partial charge on any atom is 0.436 e. The third-order valence-corrected chi connectivity index (χ3v) is 1.65. The van der Waals surface area contributed by atoms with E-state index in [4.69, 9.17) is 14.2 Å². The first-order valence-corrected chi connectivity index (χ1v) is 5.02. The van der Waals surface area contributed by atoms with Gasteiger partial charge >= 0.3 is 6.09 Å². The lowest BCUT2D eigenvalue weighted by molar-refractivity contribution is -0.157. The second kappa shape index (κ2) is 6.91. The van der Waals surface area contributed by atoms with Crippen molar-refractivity contribution in [1.29, 1.82) is 0 Å². The van der Waals surface area contributed by atoms with Gasteiger partial charge in [0.05, 0.1) is 0 Å². The molecule has 0 N–H and O–H groups in total. The third kappa shape index (κ3) is 3.95. The number of ether oxygens (including phenoxy) is 3. The SMILES string of the molecule is CCOC(COC(=O)n1cncn1)OCC. The van der Waals surface area contributed by atoms with E-state index in [2.05, 4.69) is 10.1 Å². The summed E-state index contributed by atoms with van der Waals surface area (Å²) >= 11 is 0. The lowest BCUT2D eigenvalue weighted by atomic mass is 10.6. The number of carbonyl (C=O) groups excluding carboxylic acids is 1. The Bertz CT molecular complexity index is 296. The van der Waals surface area contributed by atoms with Crippen LogP contribution in [0.15, 0.2) is 12.7 Å². The molecule has 0 saturated heterocycles. The van der Waals surface area contributed by atoms with Crippen molar-refractivity contribution in [3.63, 3.8) is 0 Å². The number of hydrogen-bond acceptors (Lipinski definition) is 6. The second-order valence-electron chi connectivity index (χ2n) is 2.76. The molecule has 1 aromatic rings. The van der Waals surface area contributed by atoms with Crippen LogP contribution in [0.2, 0.25) is 0 Å². The van der Waals surface area contributed by atoms with Crippen LogP contribution >= 0.6 is 0 Å². The van der Waals surface area contributed by atoms with E-state index in [1.807, 2.05) is 13.8 Å². The molecule has 1 heterocycles. The molecule has 0 fully saturated rings. The van der Waals surface area contributed by atoms with E-state index < -0.39 is 12.4 Å². The molecule has 0 aliphatic rings. The van der Waals surface area contributed by atoms with Gasteiger partial charge in [-0.3, -0.25) is 0 Å². The van der Waals surface area contributed by atoms with Crippen LogP contribution in [0, 0.1) is 0 Å². The molecular formula is C9H15N3O4. The number of hydrogen-bond donors (Lipinski definition) is 0. The van der Waals surface area contributed by atoms with Crippen molar-refractivity contribution in [2.24, 2.45) is 0 Å². The molecule has 7 nitrogen and oxygen atoms in total. The Morgan fingerprint density at radius 1 is 1.38 bits per heavy atom. The normalized spacial score (nSPS) is 10.7. The molecule has 16 heavy (non-hydrogen) atoms. The van der Waals surface area contributed by atoms with E-state index in [9.17, 15) is 4.79 Å². The molecule has 0 saturated carbocycles. The molecule has 1 rings (SSSR count). The van der Waals surface area contributed by atoms with Crippen LogP contribution in [-0.4, -0.2) is 47.0 Å². The summed E-state index contributed by atoms with van der Waals surface area (Å²) in [5, 5.41) is 3.64. The zero-order valence-corrected chi connectivity index (χ0v) is 9.33. The van der Waals surface area contributed by atoms with Gasteiger partial charge in [-0.25, -0.2) is 9.78 Å². The van der Waals surface area contributed by atoms with E-state index in [0.29, 0.717) is 13.2 Å². The van der Waals surface area contributed by atoms with E-state index in [1.165, 1.54) is 12.7 Å². The number of aromatic nitrogens is 3. The quantitative estimate of drug-likeness (QED) is 0.667. The molecule has 0 aromatic carbocycles. The maximum absolute atomic E-state index is 11.3. The van der Waals surface area contributed by atoms with E-state index >= 15 is 0 Å². The summed E-state index contributed by atoms with van der Waals surface area (Å²) in [4.78, 5) is 15.0. The van der Waals surface area contributed by atoms with Crippen molar-refractivity contribution in [3.05, 3.63) is 12.7 Å². The maximum atomic E-state index is 11.3. The molecular weight excluding hydrogens is 214 g/mol. The summed E-state index contributed by atoms with van der Waals surface area (Å²) in [5.74, 6) is 0. The highest BCUT2D eigenvalue weighted by Crippen LogP contribution is 1.97. The fourth-order valence-corrected chi connectivity index (χ4v) is 1.02. The highest BCUT2D eigenvalue weighted by Gasteiger charge is 2.13. The van der Waals surface area contributed by atoms with Crippen molar-refractivity contribution in [1.82, 2.24) is 14.8 Å². The van der Waals surface area contributed by atoms with Crippen LogP contribution in [0.1, 0.15) is 13.8 Å². The minimum atomic E-state index is -0.609. The largest absolute Gasteiger partial charge is 0.442 e. The standard InChI is InChI=1S/C9H15N3O4/c1-3-14-8(15-4-2)5-16-9(13)12-7-10-6-11-12/h6-8H,3-5H2,1-2H3. The smallest absolute Gasteiger partial charge is 0.436 e. The van der Waals surface area contributed by atoms with Crippen molar-refractivity contribution >= 4 is 6.09 Å². The third-order valence-electron chi connectivity index (χ3n) is 1.65. The summed E-state index contributed by atoms with van der Waals surface area (Å²) in [7, 11) is 0. The Kier molecular flexibility index (Phi) is 5.44. The van der Waals surface area contributed by atoms with Gasteiger partial charge in [-0.1, -0.05) is 0 Å². The lowest BCUT2D eigenvalue weighted by Gasteiger charge is -2.16. The number of nitrogens with zero attached hydrogens (tertiary/aromatic N) is 3. The predicted octanol–water partition coefficient (Wildman–Crippen LogP) is 0.662. The fraction of sp³-hybridized carbons (Fsp3) is 0.667. The van der Waals surface area contributed by atoms with Crippen LogP contribution in [0.4, 0.5) is 4.79 Å². The van der Waals surface area contributed by atoms with Gasteiger partial charge in [0.2, 0.25) is 0 Å². The number of carbonyl (C=O) groups is 1. The monoisotopic (exact) mass is 229 g/mol. The van der Waals surface area contributed by atoms with E-state index in [-0.39, 0.29) is 6.61 Å². The Balaban J connectivity index is 2.34. The van der Waals surface area contributed by atoms with Gasteiger partial charge in [-0.15, -0.1) is 5.10 Å². The summed E-state index contributed by atoms with van der Waals surface area (Å²) in [6, 6.07) is 0. The zero-order chi connectivity index (χ0) is 11.8. The summed E-state index contributed by atoms with van der Waals surface area (Å²) in [5.41, 5.74) is 0. The Morgan fingerprint density at radius 2 is 2.06 bits per heavy atom. The van der Waals surface area contributed by atoms with Crippen molar-refractivity contribution < 1.29 is 19.0 Å². The highest BCUT2D eigenvalue weighted by molar-refractivity contribution is 5.68. The molecule has 90 valence electrons. The lowest BCUT2D eigenvalue weighted by Crippen LogP contribution is -2.27. The summed E-state index contributed by atoms with van der Waals surface area (Å²) < 4.78 is 16.3. The van der Waals surface area contributed by atoms with Crippen LogP contribution < -0.4 is 0 Å². The van der Waals surface area contributed by atoms with Gasteiger partial charge in [0.25, 0.3) is 0 Å². The van der Waals surface area contributed by atoms with E-state index in [0.717, 1.165) is 4.68 Å². The van der Waals surface area contributed by atoms with Crippen molar-refractivity contribution in [2.45, 2.75) is 20.1 Å². The Morgan fingerprint density at radius 3 is 2.56 bits per heavy atom. The van der Waals surface area contributed by atoms with Gasteiger partial charge in [0.15, 0.2) is 6.29 Å². The molecule has 1 aromatic heterocycles. The van der Waals surface area contributed by atoms with Crippen LogP contribution in [0.5, 0.6) is 0 Å². The highest BCUT2D eigenvalue weighted by atomic mass is 16.7. The van der Waals surface area contributed by atoms with Crippen LogP contribution in [-0.2, 0) is 14.2 Å². The molecule has 7 heteroatoms. The van der Waals surface area contributed by atoms with Gasteiger partial charge in [0, 0.05) is 13.2 Å². The predicted molar refractivity (Wildman–Crippen MR) is 53.8 cm³/mol. The molecule has 0 unspecified atom stereocenters. The Hall–Kier alpha value is -1.47. The van der Waals surface area contributed by atoms with Gasteiger partial charge in [0.1, 0.15) is 19.3 Å². The first kappa shape index (κ1) is 12.6. The molecule has 0 aliphatic carbocycles. The average Bonchev–Trinajstić information content (AvgIpc) is 2.79.